The van der Waals surface area contributed by atoms with Crippen LogP contribution in [0.5, 0.6) is 11.5 Å². The van der Waals surface area contributed by atoms with E-state index < -0.39 is 29.4 Å². The molecule has 0 aromatic heterocycles. The molecule has 8 N–H and O–H groups in total. The standard InChI is InChI=1S/C22H27N3O7/c23-10-4-9-22(24,21(31)32-13-14-5-2-1-3-6-14)20(30)25-17(19(28)29)11-15-7-8-16(26)12-18(15)27/h1-3,5-8,12,17,26-27H,4,9-11,13,23-24H2,(H,25,30)(H,28,29)/t17-,22+/m0/s1. The minimum atomic E-state index is -2.15. The molecular weight excluding hydrogens is 418 g/mol. The first-order chi connectivity index (χ1) is 15.2. The molecule has 0 heterocycles. The molecule has 0 aliphatic carbocycles. The fourth-order valence-corrected chi connectivity index (χ4v) is 2.97. The maximum absolute atomic E-state index is 12.9. The van der Waals surface area contributed by atoms with Gasteiger partial charge in [0.25, 0.3) is 5.91 Å². The Hall–Kier alpha value is -3.63. The van der Waals surface area contributed by atoms with Crippen LogP contribution in [0.2, 0.25) is 0 Å². The van der Waals surface area contributed by atoms with Gasteiger partial charge in [-0.1, -0.05) is 36.4 Å². The van der Waals surface area contributed by atoms with Crippen LogP contribution in [0, 0.1) is 0 Å². The summed E-state index contributed by atoms with van der Waals surface area (Å²) < 4.78 is 5.22. The number of nitrogens with two attached hydrogens (primary N) is 2. The number of phenolic OH excluding ortho intramolecular Hbond substituents is 2. The minimum absolute atomic E-state index is 0.113. The number of carboxylic acid groups (broad SMARTS) is 1. The van der Waals surface area contributed by atoms with Crippen LogP contribution in [-0.2, 0) is 32.1 Å². The zero-order chi connectivity index (χ0) is 23.7. The van der Waals surface area contributed by atoms with Crippen molar-refractivity contribution in [2.45, 2.75) is 37.5 Å². The molecule has 0 saturated heterocycles. The van der Waals surface area contributed by atoms with Gasteiger partial charge in [0.2, 0.25) is 0 Å². The van der Waals surface area contributed by atoms with E-state index in [0.717, 1.165) is 6.07 Å². The van der Waals surface area contributed by atoms with Crippen LogP contribution < -0.4 is 16.8 Å². The minimum Gasteiger partial charge on any atom is -0.508 e. The summed E-state index contributed by atoms with van der Waals surface area (Å²) in [6.45, 7) is 0.0419. The molecule has 0 aliphatic heterocycles. The lowest BCUT2D eigenvalue weighted by Gasteiger charge is -2.28. The largest absolute Gasteiger partial charge is 0.508 e. The lowest BCUT2D eigenvalue weighted by Crippen LogP contribution is -2.62. The molecule has 10 heteroatoms. The summed E-state index contributed by atoms with van der Waals surface area (Å²) in [5, 5.41) is 31.1. The topological polar surface area (TPSA) is 185 Å². The van der Waals surface area contributed by atoms with Gasteiger partial charge in [-0.15, -0.1) is 0 Å². The third kappa shape index (κ3) is 6.43. The van der Waals surface area contributed by atoms with Crippen LogP contribution in [0.15, 0.2) is 48.5 Å². The zero-order valence-corrected chi connectivity index (χ0v) is 17.4. The Morgan fingerprint density at radius 3 is 2.38 bits per heavy atom. The quantitative estimate of drug-likeness (QED) is 0.210. The third-order valence-corrected chi connectivity index (χ3v) is 4.85. The molecule has 0 radical (unpaired) electrons. The van der Waals surface area contributed by atoms with Crippen molar-refractivity contribution in [3.05, 3.63) is 59.7 Å². The van der Waals surface area contributed by atoms with Gasteiger partial charge in [0.1, 0.15) is 24.1 Å². The monoisotopic (exact) mass is 445 g/mol. The normalized spacial score (nSPS) is 13.6. The summed E-state index contributed by atoms with van der Waals surface area (Å²) >= 11 is 0. The molecule has 0 bridgehead atoms. The lowest BCUT2D eigenvalue weighted by atomic mass is 9.92. The smallest absolute Gasteiger partial charge is 0.336 e. The highest BCUT2D eigenvalue weighted by atomic mass is 16.5. The second-order valence-electron chi connectivity index (χ2n) is 7.31. The van der Waals surface area contributed by atoms with Crippen LogP contribution in [0.4, 0.5) is 0 Å². The Bertz CT molecular complexity index is 952. The van der Waals surface area contributed by atoms with Crippen LogP contribution in [0.3, 0.4) is 0 Å². The SMILES string of the molecule is NCCC[C@@](N)(C(=O)N[C@@H](Cc1ccc(O)cc1O)C(=O)O)C(=O)OCc1ccccc1. The molecule has 32 heavy (non-hydrogen) atoms. The maximum atomic E-state index is 12.9. The van der Waals surface area contributed by atoms with Gasteiger partial charge in [-0.3, -0.25) is 4.79 Å². The second kappa shape index (κ2) is 11.1. The van der Waals surface area contributed by atoms with E-state index in [9.17, 15) is 29.7 Å². The van der Waals surface area contributed by atoms with Crippen molar-refractivity contribution in [2.75, 3.05) is 6.54 Å². The summed E-state index contributed by atoms with van der Waals surface area (Å²) in [6, 6.07) is 10.9. The number of nitrogens with one attached hydrogen (secondary N) is 1. The molecule has 0 saturated carbocycles. The average molecular weight is 445 g/mol. The number of carbonyl (C=O) groups excluding carboxylic acids is 2. The van der Waals surface area contributed by atoms with Crippen molar-refractivity contribution >= 4 is 17.8 Å². The van der Waals surface area contributed by atoms with Crippen molar-refractivity contribution in [1.82, 2.24) is 5.32 Å². The van der Waals surface area contributed by atoms with E-state index in [1.54, 1.807) is 30.3 Å². The second-order valence-corrected chi connectivity index (χ2v) is 7.31. The number of hydrogen-bond donors (Lipinski definition) is 6. The summed E-state index contributed by atoms with van der Waals surface area (Å²) in [5.41, 5.74) is 10.3. The first-order valence-electron chi connectivity index (χ1n) is 9.92. The van der Waals surface area contributed by atoms with E-state index in [1.165, 1.54) is 12.1 Å². The molecule has 172 valence electrons. The highest BCUT2D eigenvalue weighted by Crippen LogP contribution is 2.24. The molecular formula is C22H27N3O7. The number of benzene rings is 2. The van der Waals surface area contributed by atoms with E-state index in [-0.39, 0.29) is 49.5 Å². The number of carboxylic acids is 1. The van der Waals surface area contributed by atoms with E-state index in [1.807, 2.05) is 0 Å². The number of aliphatic carboxylic acids is 1. The van der Waals surface area contributed by atoms with Crippen molar-refractivity contribution in [2.24, 2.45) is 11.5 Å². The number of amides is 1. The Morgan fingerprint density at radius 2 is 1.78 bits per heavy atom. The molecule has 2 atom stereocenters. The van der Waals surface area contributed by atoms with Gasteiger partial charge < -0.3 is 36.8 Å². The summed E-state index contributed by atoms with van der Waals surface area (Å²) in [5.74, 6) is -3.98. The number of carbonyl (C=O) groups is 3. The number of esters is 1. The van der Waals surface area contributed by atoms with E-state index >= 15 is 0 Å². The van der Waals surface area contributed by atoms with Gasteiger partial charge in [-0.25, -0.2) is 9.59 Å². The predicted octanol–water partition coefficient (Wildman–Crippen LogP) is 0.390. The number of ether oxygens (including phenoxy) is 1. The number of rotatable bonds is 11. The molecule has 10 nitrogen and oxygen atoms in total. The Balaban J connectivity index is 2.17. The first-order valence-corrected chi connectivity index (χ1v) is 9.92. The number of phenols is 2. The van der Waals surface area contributed by atoms with Gasteiger partial charge in [0, 0.05) is 12.5 Å². The zero-order valence-electron chi connectivity index (χ0n) is 17.4. The predicted molar refractivity (Wildman–Crippen MR) is 114 cm³/mol. The van der Waals surface area contributed by atoms with Crippen molar-refractivity contribution < 1.29 is 34.4 Å². The van der Waals surface area contributed by atoms with Crippen molar-refractivity contribution in [3.8, 4) is 11.5 Å². The Kier molecular flexibility index (Phi) is 8.56. The van der Waals surface area contributed by atoms with Crippen LogP contribution >= 0.6 is 0 Å². The molecule has 0 spiro atoms. The summed E-state index contributed by atoms with van der Waals surface area (Å²) in [7, 11) is 0. The lowest BCUT2D eigenvalue weighted by molar-refractivity contribution is -0.157. The molecule has 0 unspecified atom stereocenters. The first kappa shape index (κ1) is 24.6. The summed E-state index contributed by atoms with van der Waals surface area (Å²) in [6.07, 6.45) is -0.236. The summed E-state index contributed by atoms with van der Waals surface area (Å²) in [4.78, 5) is 37.4. The van der Waals surface area contributed by atoms with E-state index in [0.29, 0.717) is 5.56 Å². The molecule has 0 aliphatic rings. The maximum Gasteiger partial charge on any atom is 0.336 e. The van der Waals surface area contributed by atoms with Gasteiger partial charge in [-0.05, 0) is 36.6 Å². The van der Waals surface area contributed by atoms with Crippen molar-refractivity contribution in [1.29, 1.82) is 0 Å². The van der Waals surface area contributed by atoms with Gasteiger partial charge in [0.15, 0.2) is 5.54 Å². The highest BCUT2D eigenvalue weighted by molar-refractivity contribution is 6.08. The molecule has 1 amide bonds. The van der Waals surface area contributed by atoms with Gasteiger partial charge >= 0.3 is 11.9 Å². The molecule has 2 aromatic rings. The van der Waals surface area contributed by atoms with Crippen LogP contribution in [-0.4, -0.2) is 51.3 Å². The number of hydrogen-bond acceptors (Lipinski definition) is 8. The van der Waals surface area contributed by atoms with Gasteiger partial charge in [0.05, 0.1) is 0 Å². The highest BCUT2D eigenvalue weighted by Gasteiger charge is 2.44. The number of aromatic hydroxyl groups is 2. The van der Waals surface area contributed by atoms with Crippen LogP contribution in [0.25, 0.3) is 0 Å². The Morgan fingerprint density at radius 1 is 1.09 bits per heavy atom. The van der Waals surface area contributed by atoms with Crippen molar-refractivity contribution in [3.63, 3.8) is 0 Å². The van der Waals surface area contributed by atoms with Gasteiger partial charge in [-0.2, -0.15) is 0 Å². The van der Waals surface area contributed by atoms with E-state index in [4.69, 9.17) is 16.2 Å². The average Bonchev–Trinajstić information content (AvgIpc) is 2.77. The molecule has 2 aromatic carbocycles. The Labute approximate surface area is 184 Å². The molecule has 0 fully saturated rings. The fourth-order valence-electron chi connectivity index (χ4n) is 2.97. The van der Waals surface area contributed by atoms with Crippen LogP contribution in [0.1, 0.15) is 24.0 Å². The fraction of sp³-hybridized carbons (Fsp3) is 0.318. The third-order valence-electron chi connectivity index (χ3n) is 4.85. The van der Waals surface area contributed by atoms with E-state index in [2.05, 4.69) is 5.32 Å². The molecule has 2 rings (SSSR count).